The summed E-state index contributed by atoms with van der Waals surface area (Å²) in [5.74, 6) is 5.56. The van der Waals surface area contributed by atoms with Crippen LogP contribution in [0.15, 0.2) is 30.3 Å². The number of carbonyl (C=O) groups excluding carboxylic acids is 1. The van der Waals surface area contributed by atoms with Gasteiger partial charge < -0.3 is 14.7 Å². The molecule has 0 spiro atoms. The molecule has 1 aliphatic rings. The molecule has 2 aromatic rings. The second-order valence-corrected chi connectivity index (χ2v) is 6.07. The van der Waals surface area contributed by atoms with Crippen molar-refractivity contribution >= 4 is 17.5 Å². The molecule has 1 aliphatic heterocycles. The third kappa shape index (κ3) is 3.58. The van der Waals surface area contributed by atoms with Gasteiger partial charge in [0.25, 0.3) is 5.91 Å². The highest BCUT2D eigenvalue weighted by atomic mass is 35.5. The number of likely N-dealkylation sites (N-methyl/N-ethyl adjacent to an activating group) is 1. The van der Waals surface area contributed by atoms with E-state index in [9.17, 15) is 9.90 Å². The third-order valence-electron chi connectivity index (χ3n) is 3.97. The minimum absolute atomic E-state index is 0.0831. The Morgan fingerprint density at radius 3 is 2.84 bits per heavy atom. The highest BCUT2D eigenvalue weighted by Gasteiger charge is 2.42. The molecule has 0 aliphatic carbocycles. The summed E-state index contributed by atoms with van der Waals surface area (Å²) < 4.78 is 5.10. The predicted octanol–water partition coefficient (Wildman–Crippen LogP) is 1.75. The van der Waals surface area contributed by atoms with Crippen molar-refractivity contribution < 1.29 is 14.6 Å². The van der Waals surface area contributed by atoms with E-state index in [4.69, 9.17) is 16.3 Å². The molecular formula is C18H16ClN3O3. The van der Waals surface area contributed by atoms with Gasteiger partial charge in [0.15, 0.2) is 0 Å². The smallest absolute Gasteiger partial charge is 0.267 e. The average Bonchev–Trinajstić information content (AvgIpc) is 2.88. The third-order valence-corrected chi connectivity index (χ3v) is 4.14. The summed E-state index contributed by atoms with van der Waals surface area (Å²) in [5.41, 5.74) is 0.403. The maximum Gasteiger partial charge on any atom is 0.267 e. The number of methoxy groups -OCH3 is 1. The van der Waals surface area contributed by atoms with Crippen molar-refractivity contribution in [1.29, 1.82) is 0 Å². The van der Waals surface area contributed by atoms with Crippen LogP contribution in [0.3, 0.4) is 0 Å². The van der Waals surface area contributed by atoms with Gasteiger partial charge in [-0.1, -0.05) is 24.0 Å². The van der Waals surface area contributed by atoms with E-state index in [2.05, 4.69) is 21.8 Å². The predicted molar refractivity (Wildman–Crippen MR) is 93.1 cm³/mol. The first-order chi connectivity index (χ1) is 11.9. The van der Waals surface area contributed by atoms with Crippen LogP contribution in [-0.4, -0.2) is 52.2 Å². The van der Waals surface area contributed by atoms with Gasteiger partial charge in [-0.15, -0.1) is 0 Å². The number of benzene rings is 1. The van der Waals surface area contributed by atoms with Crippen LogP contribution >= 0.6 is 11.6 Å². The zero-order valence-electron chi connectivity index (χ0n) is 13.8. The fraction of sp³-hybridized carbons (Fsp3) is 0.278. The molecule has 2 heterocycles. The number of hydrogen-bond donors (Lipinski definition) is 1. The van der Waals surface area contributed by atoms with Crippen molar-refractivity contribution in [3.05, 3.63) is 41.2 Å². The lowest BCUT2D eigenvalue weighted by atomic mass is 10.0. The minimum atomic E-state index is -1.62. The lowest BCUT2D eigenvalue weighted by Gasteiger charge is -2.13. The molecule has 0 bridgehead atoms. The number of rotatable bonds is 2. The van der Waals surface area contributed by atoms with Crippen LogP contribution in [-0.2, 0) is 4.79 Å². The SMILES string of the molecule is COc1cc(-c2cccc(C#C[C@]3(O)CCN(C)C3=O)c2)nc(Cl)n1. The number of ether oxygens (including phenoxy) is 1. The van der Waals surface area contributed by atoms with E-state index in [0.29, 0.717) is 30.1 Å². The monoisotopic (exact) mass is 357 g/mol. The number of halogens is 1. The molecule has 0 saturated carbocycles. The van der Waals surface area contributed by atoms with Gasteiger partial charge in [-0.25, -0.2) is 4.98 Å². The van der Waals surface area contributed by atoms with Crippen LogP contribution in [0.1, 0.15) is 12.0 Å². The van der Waals surface area contributed by atoms with E-state index in [-0.39, 0.29) is 11.2 Å². The number of hydrogen-bond acceptors (Lipinski definition) is 5. The number of likely N-dealkylation sites (tertiary alicyclic amines) is 1. The van der Waals surface area contributed by atoms with Crippen molar-refractivity contribution in [2.24, 2.45) is 0 Å². The number of aliphatic hydroxyl groups is 1. The Labute approximate surface area is 150 Å². The second-order valence-electron chi connectivity index (χ2n) is 5.73. The van der Waals surface area contributed by atoms with Crippen LogP contribution in [0.5, 0.6) is 5.88 Å². The molecule has 25 heavy (non-hydrogen) atoms. The summed E-state index contributed by atoms with van der Waals surface area (Å²) in [4.78, 5) is 21.6. The van der Waals surface area contributed by atoms with E-state index in [1.165, 1.54) is 12.0 Å². The molecule has 1 aromatic heterocycles. The first-order valence-electron chi connectivity index (χ1n) is 7.61. The van der Waals surface area contributed by atoms with Crippen LogP contribution in [0.4, 0.5) is 0 Å². The maximum atomic E-state index is 12.0. The van der Waals surface area contributed by atoms with Crippen LogP contribution in [0.25, 0.3) is 11.3 Å². The number of amides is 1. The average molecular weight is 358 g/mol. The summed E-state index contributed by atoms with van der Waals surface area (Å²) in [6.07, 6.45) is 0.299. The van der Waals surface area contributed by atoms with Gasteiger partial charge in [-0.3, -0.25) is 4.79 Å². The Morgan fingerprint density at radius 2 is 2.16 bits per heavy atom. The lowest BCUT2D eigenvalue weighted by molar-refractivity contribution is -0.137. The Hall–Kier alpha value is -2.62. The maximum absolute atomic E-state index is 12.0. The van der Waals surface area contributed by atoms with Crippen molar-refractivity contribution in [2.75, 3.05) is 20.7 Å². The molecule has 1 saturated heterocycles. The van der Waals surface area contributed by atoms with Crippen molar-refractivity contribution in [2.45, 2.75) is 12.0 Å². The molecular weight excluding hydrogens is 342 g/mol. The highest BCUT2D eigenvalue weighted by Crippen LogP contribution is 2.24. The van der Waals surface area contributed by atoms with E-state index in [1.54, 1.807) is 25.2 Å². The minimum Gasteiger partial charge on any atom is -0.481 e. The first kappa shape index (κ1) is 17.2. The summed E-state index contributed by atoms with van der Waals surface area (Å²) in [6.45, 7) is 0.489. The number of aromatic nitrogens is 2. The molecule has 1 amide bonds. The molecule has 1 N–H and O–H groups in total. The number of nitrogens with zero attached hydrogens (tertiary/aromatic N) is 3. The first-order valence-corrected chi connectivity index (χ1v) is 7.99. The van der Waals surface area contributed by atoms with Crippen LogP contribution < -0.4 is 4.74 Å². The van der Waals surface area contributed by atoms with Crippen molar-refractivity contribution in [3.8, 4) is 29.0 Å². The van der Waals surface area contributed by atoms with Gasteiger partial charge in [-0.2, -0.15) is 4.98 Å². The molecule has 0 unspecified atom stereocenters. The van der Waals surface area contributed by atoms with Crippen LogP contribution in [0, 0.1) is 11.8 Å². The van der Waals surface area contributed by atoms with Gasteiger partial charge in [0.05, 0.1) is 12.8 Å². The lowest BCUT2D eigenvalue weighted by Crippen LogP contribution is -2.37. The van der Waals surface area contributed by atoms with Gasteiger partial charge in [0.2, 0.25) is 16.8 Å². The Morgan fingerprint density at radius 1 is 1.36 bits per heavy atom. The Balaban J connectivity index is 1.92. The van der Waals surface area contributed by atoms with Crippen molar-refractivity contribution in [1.82, 2.24) is 14.9 Å². The fourth-order valence-electron chi connectivity index (χ4n) is 2.55. The second kappa shape index (κ2) is 6.71. The van der Waals surface area contributed by atoms with E-state index < -0.39 is 5.60 Å². The Bertz CT molecular complexity index is 891. The molecule has 1 atom stereocenters. The largest absolute Gasteiger partial charge is 0.481 e. The normalized spacial score (nSPS) is 19.5. The van der Waals surface area contributed by atoms with Crippen molar-refractivity contribution in [3.63, 3.8) is 0 Å². The topological polar surface area (TPSA) is 75.6 Å². The summed E-state index contributed by atoms with van der Waals surface area (Å²) >= 11 is 5.91. The summed E-state index contributed by atoms with van der Waals surface area (Å²) in [6, 6.07) is 8.93. The fourth-order valence-corrected chi connectivity index (χ4v) is 2.73. The summed E-state index contributed by atoms with van der Waals surface area (Å²) in [7, 11) is 3.15. The zero-order valence-corrected chi connectivity index (χ0v) is 14.5. The van der Waals surface area contributed by atoms with Gasteiger partial charge in [0.1, 0.15) is 0 Å². The highest BCUT2D eigenvalue weighted by molar-refractivity contribution is 6.28. The van der Waals surface area contributed by atoms with Gasteiger partial charge in [0, 0.05) is 37.2 Å². The quantitative estimate of drug-likeness (QED) is 0.654. The standard InChI is InChI=1S/C18H16ClN3O3/c1-22-9-8-18(24,16(22)23)7-6-12-4-3-5-13(10-12)14-11-15(25-2)21-17(19)20-14/h3-5,10-11,24H,8-9H2,1-2H3/t18-/m0/s1. The van der Waals surface area contributed by atoms with E-state index >= 15 is 0 Å². The molecule has 128 valence electrons. The van der Waals surface area contributed by atoms with E-state index in [0.717, 1.165) is 5.56 Å². The molecule has 1 fully saturated rings. The zero-order chi connectivity index (χ0) is 18.0. The summed E-state index contributed by atoms with van der Waals surface area (Å²) in [5, 5.41) is 10.4. The van der Waals surface area contributed by atoms with Gasteiger partial charge >= 0.3 is 0 Å². The molecule has 3 rings (SSSR count). The number of carbonyl (C=O) groups is 1. The van der Waals surface area contributed by atoms with E-state index in [1.807, 2.05) is 12.1 Å². The molecule has 7 heteroatoms. The van der Waals surface area contributed by atoms with Gasteiger partial charge in [-0.05, 0) is 23.7 Å². The van der Waals surface area contributed by atoms with Crippen LogP contribution in [0.2, 0.25) is 5.28 Å². The molecule has 6 nitrogen and oxygen atoms in total. The molecule has 0 radical (unpaired) electrons. The molecule has 1 aromatic carbocycles. The Kier molecular flexibility index (Phi) is 4.62.